The molecule has 0 aliphatic heterocycles. The van der Waals surface area contributed by atoms with Crippen LogP contribution in [0, 0.1) is 0 Å². The average Bonchev–Trinajstić information content (AvgIpc) is 3.29. The van der Waals surface area contributed by atoms with Crippen LogP contribution in [0.5, 0.6) is 5.75 Å². The number of hydrogen-bond donors (Lipinski definition) is 1. The van der Waals surface area contributed by atoms with Crippen LogP contribution in [0.2, 0.25) is 0 Å². The highest BCUT2D eigenvalue weighted by atomic mass is 79.9. The van der Waals surface area contributed by atoms with Gasteiger partial charge in [0.2, 0.25) is 5.91 Å². The first-order chi connectivity index (χ1) is 15.3. The Hall–Kier alpha value is -2.34. The molecule has 0 unspecified atom stereocenters. The third-order valence-electron chi connectivity index (χ3n) is 6.04. The zero-order valence-electron chi connectivity index (χ0n) is 19.1. The lowest BCUT2D eigenvalue weighted by molar-refractivity contribution is -0.142. The monoisotopic (exact) mass is 500 g/mol. The summed E-state index contributed by atoms with van der Waals surface area (Å²) >= 11 is 3.54. The predicted octanol–water partition coefficient (Wildman–Crippen LogP) is 5.43. The van der Waals surface area contributed by atoms with Gasteiger partial charge in [-0.25, -0.2) is 0 Å². The van der Waals surface area contributed by atoms with Crippen LogP contribution in [0.15, 0.2) is 53.0 Å². The number of halogens is 1. The highest BCUT2D eigenvalue weighted by Crippen LogP contribution is 2.29. The molecule has 6 heteroatoms. The van der Waals surface area contributed by atoms with Crippen LogP contribution in [0.4, 0.5) is 0 Å². The number of nitrogens with one attached hydrogen (secondary N) is 1. The average molecular weight is 501 g/mol. The first kappa shape index (κ1) is 24.3. The minimum absolute atomic E-state index is 0.108. The van der Waals surface area contributed by atoms with Crippen LogP contribution in [0.3, 0.4) is 0 Å². The molecule has 2 aromatic rings. The molecule has 0 heterocycles. The van der Waals surface area contributed by atoms with E-state index in [4.69, 9.17) is 4.74 Å². The van der Waals surface area contributed by atoms with Gasteiger partial charge in [-0.3, -0.25) is 9.59 Å². The molecule has 0 bridgehead atoms. The summed E-state index contributed by atoms with van der Waals surface area (Å²) in [6.45, 7) is 6.28. The number of hydrogen-bond acceptors (Lipinski definition) is 3. The molecule has 2 aromatic carbocycles. The molecule has 32 heavy (non-hydrogen) atoms. The van der Waals surface area contributed by atoms with Gasteiger partial charge in [-0.15, -0.1) is 0 Å². The SMILES string of the molecule is CC(C)c1ccc(OCC(=O)N(Cc2ccccc2)[C@H](C)C(=O)NC2CCCC2)c(Br)c1. The number of amides is 2. The number of carbonyl (C=O) groups is 2. The minimum atomic E-state index is -0.585. The highest BCUT2D eigenvalue weighted by Gasteiger charge is 2.28. The minimum Gasteiger partial charge on any atom is -0.483 e. The number of benzene rings is 2. The zero-order valence-corrected chi connectivity index (χ0v) is 20.7. The van der Waals surface area contributed by atoms with Crippen molar-refractivity contribution in [2.75, 3.05) is 6.61 Å². The van der Waals surface area contributed by atoms with Crippen molar-refractivity contribution in [2.24, 2.45) is 0 Å². The predicted molar refractivity (Wildman–Crippen MR) is 131 cm³/mol. The summed E-state index contributed by atoms with van der Waals surface area (Å²) < 4.78 is 6.66. The molecule has 0 saturated heterocycles. The normalized spacial score (nSPS) is 14.9. The maximum atomic E-state index is 13.2. The fourth-order valence-electron chi connectivity index (χ4n) is 3.97. The summed E-state index contributed by atoms with van der Waals surface area (Å²) in [7, 11) is 0. The van der Waals surface area contributed by atoms with Gasteiger partial charge < -0.3 is 15.0 Å². The molecule has 1 N–H and O–H groups in total. The largest absolute Gasteiger partial charge is 0.483 e. The van der Waals surface area contributed by atoms with Gasteiger partial charge in [0.05, 0.1) is 4.47 Å². The van der Waals surface area contributed by atoms with Crippen LogP contribution < -0.4 is 10.1 Å². The Balaban J connectivity index is 1.70. The first-order valence-corrected chi connectivity index (χ1v) is 12.2. The molecular weight excluding hydrogens is 468 g/mol. The van der Waals surface area contributed by atoms with Gasteiger partial charge in [0, 0.05) is 12.6 Å². The van der Waals surface area contributed by atoms with Crippen molar-refractivity contribution in [3.63, 3.8) is 0 Å². The molecule has 0 spiro atoms. The maximum absolute atomic E-state index is 13.2. The van der Waals surface area contributed by atoms with Crippen LogP contribution in [-0.4, -0.2) is 35.4 Å². The molecule has 3 rings (SSSR count). The van der Waals surface area contributed by atoms with Crippen molar-refractivity contribution in [2.45, 2.75) is 71.0 Å². The van der Waals surface area contributed by atoms with Gasteiger partial charge in [-0.1, -0.05) is 63.1 Å². The fourth-order valence-corrected chi connectivity index (χ4v) is 4.48. The number of carbonyl (C=O) groups excluding carboxylic acids is 2. The summed E-state index contributed by atoms with van der Waals surface area (Å²) in [4.78, 5) is 27.7. The molecule has 0 radical (unpaired) electrons. The number of nitrogens with zero attached hydrogens (tertiary/aromatic N) is 1. The second kappa shape index (κ2) is 11.5. The first-order valence-electron chi connectivity index (χ1n) is 11.4. The smallest absolute Gasteiger partial charge is 0.261 e. The maximum Gasteiger partial charge on any atom is 0.261 e. The van der Waals surface area contributed by atoms with Crippen molar-refractivity contribution in [3.05, 3.63) is 64.1 Å². The third-order valence-corrected chi connectivity index (χ3v) is 6.66. The van der Waals surface area contributed by atoms with Gasteiger partial charge >= 0.3 is 0 Å². The van der Waals surface area contributed by atoms with Gasteiger partial charge in [-0.2, -0.15) is 0 Å². The zero-order chi connectivity index (χ0) is 23.1. The Morgan fingerprint density at radius 2 is 1.78 bits per heavy atom. The Kier molecular flexibility index (Phi) is 8.74. The molecule has 2 amide bonds. The molecule has 0 aromatic heterocycles. The van der Waals surface area contributed by atoms with E-state index in [1.54, 1.807) is 11.8 Å². The summed E-state index contributed by atoms with van der Waals surface area (Å²) in [5, 5.41) is 3.12. The van der Waals surface area contributed by atoms with Gasteiger partial charge in [-0.05, 0) is 64.9 Å². The Bertz CT molecular complexity index is 911. The summed E-state index contributed by atoms with van der Waals surface area (Å²) in [5.74, 6) is 0.694. The van der Waals surface area contributed by atoms with Crippen molar-refractivity contribution in [3.8, 4) is 5.75 Å². The summed E-state index contributed by atoms with van der Waals surface area (Å²) in [6, 6.07) is 15.3. The number of ether oxygens (including phenoxy) is 1. The summed E-state index contributed by atoms with van der Waals surface area (Å²) in [5.41, 5.74) is 2.17. The van der Waals surface area contributed by atoms with E-state index < -0.39 is 6.04 Å². The van der Waals surface area contributed by atoms with Crippen LogP contribution in [0.25, 0.3) is 0 Å². The van der Waals surface area contributed by atoms with E-state index in [1.807, 2.05) is 48.5 Å². The van der Waals surface area contributed by atoms with E-state index in [-0.39, 0.29) is 24.5 Å². The lowest BCUT2D eigenvalue weighted by Gasteiger charge is -2.29. The van der Waals surface area contributed by atoms with Crippen LogP contribution in [0.1, 0.15) is 63.5 Å². The van der Waals surface area contributed by atoms with Crippen LogP contribution in [-0.2, 0) is 16.1 Å². The standard InChI is InChI=1S/C26H33BrN2O3/c1-18(2)21-13-14-24(23(27)15-21)32-17-25(30)29(16-20-9-5-4-6-10-20)19(3)26(31)28-22-11-7-8-12-22/h4-6,9-10,13-15,18-19,22H,7-8,11-12,16-17H2,1-3H3,(H,28,31)/t19-/m1/s1. The lowest BCUT2D eigenvalue weighted by Crippen LogP contribution is -2.50. The molecule has 1 aliphatic carbocycles. The molecule has 5 nitrogen and oxygen atoms in total. The summed E-state index contributed by atoms with van der Waals surface area (Å²) in [6.07, 6.45) is 4.30. The molecule has 1 aliphatic rings. The van der Waals surface area contributed by atoms with E-state index in [1.165, 1.54) is 5.56 Å². The highest BCUT2D eigenvalue weighted by molar-refractivity contribution is 9.10. The quantitative estimate of drug-likeness (QED) is 0.499. The van der Waals surface area contributed by atoms with Crippen molar-refractivity contribution >= 4 is 27.7 Å². The van der Waals surface area contributed by atoms with Crippen molar-refractivity contribution in [1.82, 2.24) is 10.2 Å². The lowest BCUT2D eigenvalue weighted by atomic mass is 10.0. The van der Waals surface area contributed by atoms with E-state index in [9.17, 15) is 9.59 Å². The second-order valence-electron chi connectivity index (χ2n) is 8.81. The molecular formula is C26H33BrN2O3. The van der Waals surface area contributed by atoms with E-state index in [0.717, 1.165) is 35.7 Å². The van der Waals surface area contributed by atoms with E-state index >= 15 is 0 Å². The Morgan fingerprint density at radius 1 is 1.09 bits per heavy atom. The van der Waals surface area contributed by atoms with Crippen LogP contribution >= 0.6 is 15.9 Å². The van der Waals surface area contributed by atoms with Gasteiger partial charge in [0.15, 0.2) is 6.61 Å². The topological polar surface area (TPSA) is 58.6 Å². The Morgan fingerprint density at radius 3 is 2.41 bits per heavy atom. The van der Waals surface area contributed by atoms with Gasteiger partial charge in [0.25, 0.3) is 5.91 Å². The Labute approximate surface area is 199 Å². The molecule has 1 saturated carbocycles. The second-order valence-corrected chi connectivity index (χ2v) is 9.66. The molecule has 172 valence electrons. The third kappa shape index (κ3) is 6.58. The van der Waals surface area contributed by atoms with Crippen molar-refractivity contribution < 1.29 is 14.3 Å². The fraction of sp³-hybridized carbons (Fsp3) is 0.462. The molecule has 1 atom stereocenters. The number of rotatable bonds is 9. The van der Waals surface area contributed by atoms with Crippen molar-refractivity contribution in [1.29, 1.82) is 0 Å². The van der Waals surface area contributed by atoms with Gasteiger partial charge in [0.1, 0.15) is 11.8 Å². The van der Waals surface area contributed by atoms with E-state index in [2.05, 4.69) is 35.1 Å². The molecule has 1 fully saturated rings. The van der Waals surface area contributed by atoms with E-state index in [0.29, 0.717) is 18.2 Å².